The predicted octanol–water partition coefficient (Wildman–Crippen LogP) is 4.70. The van der Waals surface area contributed by atoms with Gasteiger partial charge in [0, 0.05) is 12.1 Å². The zero-order chi connectivity index (χ0) is 22.0. The first-order chi connectivity index (χ1) is 15.0. The van der Waals surface area contributed by atoms with Crippen molar-refractivity contribution in [1.29, 1.82) is 0 Å². The molecule has 0 radical (unpaired) electrons. The Hall–Kier alpha value is -3.37. The SMILES string of the molecule is C=CCn1c(-c2sc(NC(=O)Cc3nc(-c4ccccc4)oc3C)nc2C)n[nH]c1=S. The number of nitrogens with zero attached hydrogens (tertiary/aromatic N) is 4. The first-order valence-electron chi connectivity index (χ1n) is 9.51. The number of aromatic amines is 1. The third-order valence-corrected chi connectivity index (χ3v) is 5.94. The lowest BCUT2D eigenvalue weighted by molar-refractivity contribution is -0.115. The minimum Gasteiger partial charge on any atom is -0.441 e. The van der Waals surface area contributed by atoms with Crippen LogP contribution in [0.1, 0.15) is 17.1 Å². The third-order valence-electron chi connectivity index (χ3n) is 4.56. The smallest absolute Gasteiger partial charge is 0.232 e. The lowest BCUT2D eigenvalue weighted by atomic mass is 10.2. The van der Waals surface area contributed by atoms with Crippen LogP contribution < -0.4 is 5.32 Å². The molecule has 0 aliphatic heterocycles. The Balaban J connectivity index is 1.51. The van der Waals surface area contributed by atoms with Crippen LogP contribution in [0.25, 0.3) is 22.2 Å². The molecule has 1 aromatic carbocycles. The summed E-state index contributed by atoms with van der Waals surface area (Å²) in [6.45, 7) is 7.95. The number of benzene rings is 1. The zero-order valence-corrected chi connectivity index (χ0v) is 18.6. The van der Waals surface area contributed by atoms with Crippen LogP contribution in [0.4, 0.5) is 5.13 Å². The minimum atomic E-state index is -0.221. The monoisotopic (exact) mass is 452 g/mol. The van der Waals surface area contributed by atoms with Crippen molar-refractivity contribution in [3.05, 3.63) is 64.9 Å². The van der Waals surface area contributed by atoms with Crippen LogP contribution in [0.3, 0.4) is 0 Å². The van der Waals surface area contributed by atoms with Gasteiger partial charge < -0.3 is 9.73 Å². The average molecular weight is 453 g/mol. The van der Waals surface area contributed by atoms with Crippen LogP contribution in [-0.2, 0) is 17.8 Å². The van der Waals surface area contributed by atoms with Crippen LogP contribution >= 0.6 is 23.6 Å². The third kappa shape index (κ3) is 4.39. The first kappa shape index (κ1) is 20.9. The molecule has 3 heterocycles. The van der Waals surface area contributed by atoms with Gasteiger partial charge >= 0.3 is 0 Å². The molecule has 158 valence electrons. The summed E-state index contributed by atoms with van der Waals surface area (Å²) in [5.41, 5.74) is 2.21. The number of amides is 1. The Labute approximate surface area is 187 Å². The number of carbonyl (C=O) groups excluding carboxylic acids is 1. The summed E-state index contributed by atoms with van der Waals surface area (Å²) < 4.78 is 8.07. The molecule has 4 aromatic rings. The zero-order valence-electron chi connectivity index (χ0n) is 17.0. The number of oxazole rings is 1. The van der Waals surface area contributed by atoms with Crippen molar-refractivity contribution in [2.24, 2.45) is 0 Å². The Morgan fingerprint density at radius 1 is 1.32 bits per heavy atom. The Bertz CT molecular complexity index is 1300. The average Bonchev–Trinajstić information content (AvgIpc) is 3.41. The van der Waals surface area contributed by atoms with E-state index < -0.39 is 0 Å². The molecule has 2 N–H and O–H groups in total. The molecule has 1 amide bonds. The Morgan fingerprint density at radius 3 is 2.84 bits per heavy atom. The maximum atomic E-state index is 12.6. The first-order valence-corrected chi connectivity index (χ1v) is 10.7. The second-order valence-electron chi connectivity index (χ2n) is 6.80. The number of hydrogen-bond donors (Lipinski definition) is 2. The maximum Gasteiger partial charge on any atom is 0.232 e. The van der Waals surface area contributed by atoms with E-state index in [0.29, 0.717) is 39.6 Å². The molecule has 10 heteroatoms. The number of rotatable bonds is 7. The standard InChI is InChI=1S/C21H20N6O2S2/c1-4-10-27-18(25-26-21(27)30)17-12(2)22-20(31-17)24-16(28)11-15-13(3)29-19(23-15)14-8-6-5-7-9-14/h4-9H,1,10-11H2,2-3H3,(H,26,30)(H,22,24,28). The van der Waals surface area contributed by atoms with Gasteiger partial charge in [-0.1, -0.05) is 35.6 Å². The summed E-state index contributed by atoms with van der Waals surface area (Å²) in [5, 5.41) is 10.4. The number of anilines is 1. The van der Waals surface area contributed by atoms with Gasteiger partial charge in [0.15, 0.2) is 15.7 Å². The Morgan fingerprint density at radius 2 is 2.10 bits per heavy atom. The van der Waals surface area contributed by atoms with Crippen LogP contribution in [0, 0.1) is 18.6 Å². The molecule has 3 aromatic heterocycles. The molecule has 0 aliphatic carbocycles. The van der Waals surface area contributed by atoms with Crippen LogP contribution in [0.5, 0.6) is 0 Å². The molecule has 0 atom stereocenters. The fourth-order valence-corrected chi connectivity index (χ4v) is 4.25. The second-order valence-corrected chi connectivity index (χ2v) is 8.18. The van der Waals surface area contributed by atoms with E-state index in [4.69, 9.17) is 16.6 Å². The van der Waals surface area contributed by atoms with Gasteiger partial charge in [-0.2, -0.15) is 5.10 Å². The molecular formula is C21H20N6O2S2. The summed E-state index contributed by atoms with van der Waals surface area (Å²) in [6, 6.07) is 9.58. The normalized spacial score (nSPS) is 10.9. The van der Waals surface area contributed by atoms with Gasteiger partial charge in [0.05, 0.1) is 22.7 Å². The van der Waals surface area contributed by atoms with Gasteiger partial charge in [0.1, 0.15) is 5.76 Å². The highest BCUT2D eigenvalue weighted by atomic mass is 32.1. The highest BCUT2D eigenvalue weighted by Gasteiger charge is 2.19. The number of hydrogen-bond acceptors (Lipinski definition) is 7. The number of carbonyl (C=O) groups is 1. The number of H-pyrrole nitrogens is 1. The summed E-state index contributed by atoms with van der Waals surface area (Å²) >= 11 is 6.62. The van der Waals surface area contributed by atoms with E-state index in [0.717, 1.165) is 16.1 Å². The summed E-state index contributed by atoms with van der Waals surface area (Å²) in [4.78, 5) is 22.4. The van der Waals surface area contributed by atoms with Gasteiger partial charge in [0.25, 0.3) is 0 Å². The van der Waals surface area contributed by atoms with Gasteiger partial charge in [-0.3, -0.25) is 14.5 Å². The number of thiazole rings is 1. The van der Waals surface area contributed by atoms with E-state index in [1.807, 2.05) is 41.8 Å². The molecule has 0 fully saturated rings. The Kier molecular flexibility index (Phi) is 5.92. The van der Waals surface area contributed by atoms with Crippen molar-refractivity contribution < 1.29 is 9.21 Å². The number of nitrogens with one attached hydrogen (secondary N) is 2. The highest BCUT2D eigenvalue weighted by molar-refractivity contribution is 7.71. The number of allylic oxidation sites excluding steroid dienone is 1. The lowest BCUT2D eigenvalue weighted by Crippen LogP contribution is -2.15. The quantitative estimate of drug-likeness (QED) is 0.311. The maximum absolute atomic E-state index is 12.6. The lowest BCUT2D eigenvalue weighted by Gasteiger charge is -2.01. The van der Waals surface area contributed by atoms with Crippen LogP contribution in [0.15, 0.2) is 47.4 Å². The molecule has 0 bridgehead atoms. The molecular weight excluding hydrogens is 432 g/mol. The predicted molar refractivity (Wildman–Crippen MR) is 122 cm³/mol. The van der Waals surface area contributed by atoms with Crippen molar-refractivity contribution in [2.75, 3.05) is 5.32 Å². The van der Waals surface area contributed by atoms with Gasteiger partial charge in [-0.15, -0.1) is 6.58 Å². The van der Waals surface area contributed by atoms with E-state index in [-0.39, 0.29) is 12.3 Å². The topological polar surface area (TPSA) is 102 Å². The van der Waals surface area contributed by atoms with Gasteiger partial charge in [-0.25, -0.2) is 9.97 Å². The minimum absolute atomic E-state index is 0.0886. The largest absolute Gasteiger partial charge is 0.441 e. The second kappa shape index (κ2) is 8.78. The van der Waals surface area contributed by atoms with Gasteiger partial charge in [0.2, 0.25) is 11.8 Å². The van der Waals surface area contributed by atoms with E-state index >= 15 is 0 Å². The molecule has 8 nitrogen and oxygen atoms in total. The van der Waals surface area contributed by atoms with E-state index in [2.05, 4.69) is 32.1 Å². The fourth-order valence-electron chi connectivity index (χ4n) is 3.06. The molecule has 0 saturated carbocycles. The molecule has 0 saturated heterocycles. The van der Waals surface area contributed by atoms with Crippen molar-refractivity contribution in [1.82, 2.24) is 24.7 Å². The molecule has 0 aliphatic rings. The van der Waals surface area contributed by atoms with Crippen molar-refractivity contribution in [2.45, 2.75) is 26.8 Å². The fraction of sp³-hybridized carbons (Fsp3) is 0.190. The van der Waals surface area contributed by atoms with E-state index in [1.54, 1.807) is 13.0 Å². The number of aromatic nitrogens is 5. The van der Waals surface area contributed by atoms with Crippen molar-refractivity contribution in [3.63, 3.8) is 0 Å². The molecule has 31 heavy (non-hydrogen) atoms. The summed E-state index contributed by atoms with van der Waals surface area (Å²) in [7, 11) is 0. The van der Waals surface area contributed by atoms with Gasteiger partial charge in [-0.05, 0) is 38.2 Å². The molecule has 4 rings (SSSR count). The highest BCUT2D eigenvalue weighted by Crippen LogP contribution is 2.32. The van der Waals surface area contributed by atoms with E-state index in [1.165, 1.54) is 11.3 Å². The van der Waals surface area contributed by atoms with E-state index in [9.17, 15) is 4.79 Å². The molecule has 0 unspecified atom stereocenters. The summed E-state index contributed by atoms with van der Waals surface area (Å²) in [5.74, 6) is 1.56. The number of aryl methyl sites for hydroxylation is 2. The van der Waals surface area contributed by atoms with Crippen molar-refractivity contribution >= 4 is 34.6 Å². The van der Waals surface area contributed by atoms with Crippen LogP contribution in [-0.4, -0.2) is 30.6 Å². The van der Waals surface area contributed by atoms with Crippen molar-refractivity contribution in [3.8, 4) is 22.2 Å². The molecule has 0 spiro atoms. The summed E-state index contributed by atoms with van der Waals surface area (Å²) in [6.07, 6.45) is 1.84. The van der Waals surface area contributed by atoms with Crippen LogP contribution in [0.2, 0.25) is 0 Å².